The van der Waals surface area contributed by atoms with Crippen molar-refractivity contribution in [3.05, 3.63) is 47.0 Å². The number of fused-ring (bicyclic) bond motifs is 1. The van der Waals surface area contributed by atoms with Crippen LogP contribution in [0.5, 0.6) is 0 Å². The first kappa shape index (κ1) is 11.5. The first-order valence-corrected chi connectivity index (χ1v) is 6.76. The number of halogens is 1. The SMILES string of the molecule is Cc1cccc2sc(-c3ccc(Cl)c(N)c3)nc12. The maximum atomic E-state index is 5.93. The van der Waals surface area contributed by atoms with Crippen LogP contribution in [0.15, 0.2) is 36.4 Å². The number of anilines is 1. The molecule has 0 fully saturated rings. The van der Waals surface area contributed by atoms with Gasteiger partial charge in [-0.1, -0.05) is 29.8 Å². The van der Waals surface area contributed by atoms with E-state index >= 15 is 0 Å². The van der Waals surface area contributed by atoms with Crippen LogP contribution in [-0.4, -0.2) is 4.98 Å². The Labute approximate surface area is 114 Å². The lowest BCUT2D eigenvalue weighted by Crippen LogP contribution is -1.86. The van der Waals surface area contributed by atoms with Crippen molar-refractivity contribution in [2.24, 2.45) is 0 Å². The lowest BCUT2D eigenvalue weighted by molar-refractivity contribution is 1.42. The summed E-state index contributed by atoms with van der Waals surface area (Å²) >= 11 is 7.60. The lowest BCUT2D eigenvalue weighted by Gasteiger charge is -2.00. The first-order chi connectivity index (χ1) is 8.65. The molecular weight excluding hydrogens is 264 g/mol. The number of aromatic nitrogens is 1. The van der Waals surface area contributed by atoms with Gasteiger partial charge in [0.15, 0.2) is 0 Å². The molecule has 0 saturated carbocycles. The molecule has 0 aliphatic carbocycles. The highest BCUT2D eigenvalue weighted by atomic mass is 35.5. The van der Waals surface area contributed by atoms with E-state index in [-0.39, 0.29) is 0 Å². The Kier molecular flexibility index (Phi) is 2.73. The molecule has 0 aliphatic rings. The van der Waals surface area contributed by atoms with Crippen LogP contribution in [0.25, 0.3) is 20.8 Å². The fourth-order valence-corrected chi connectivity index (χ4v) is 3.04. The lowest BCUT2D eigenvalue weighted by atomic mass is 10.2. The van der Waals surface area contributed by atoms with Gasteiger partial charge in [-0.15, -0.1) is 11.3 Å². The molecule has 2 aromatic carbocycles. The summed E-state index contributed by atoms with van der Waals surface area (Å²) in [4.78, 5) is 4.67. The Hall–Kier alpha value is -1.58. The predicted molar refractivity (Wildman–Crippen MR) is 79.2 cm³/mol. The van der Waals surface area contributed by atoms with E-state index in [2.05, 4.69) is 30.1 Å². The van der Waals surface area contributed by atoms with Crippen LogP contribution in [0.4, 0.5) is 5.69 Å². The van der Waals surface area contributed by atoms with E-state index in [1.165, 1.54) is 10.3 Å². The Morgan fingerprint density at radius 2 is 2.06 bits per heavy atom. The van der Waals surface area contributed by atoms with Crippen LogP contribution in [0.2, 0.25) is 5.02 Å². The minimum atomic E-state index is 0.580. The fourth-order valence-electron chi connectivity index (χ4n) is 1.89. The molecule has 0 bridgehead atoms. The average molecular weight is 275 g/mol. The summed E-state index contributed by atoms with van der Waals surface area (Å²) < 4.78 is 1.19. The molecule has 0 radical (unpaired) electrons. The van der Waals surface area contributed by atoms with Crippen molar-refractivity contribution in [1.29, 1.82) is 0 Å². The number of rotatable bonds is 1. The average Bonchev–Trinajstić information content (AvgIpc) is 2.78. The third-order valence-electron chi connectivity index (χ3n) is 2.86. The van der Waals surface area contributed by atoms with Crippen LogP contribution in [0, 0.1) is 6.92 Å². The fraction of sp³-hybridized carbons (Fsp3) is 0.0714. The summed E-state index contributed by atoms with van der Waals surface area (Å²) in [6.45, 7) is 2.07. The number of nitrogens with zero attached hydrogens (tertiary/aromatic N) is 1. The number of para-hydroxylation sites is 1. The first-order valence-electron chi connectivity index (χ1n) is 5.57. The number of nitrogens with two attached hydrogens (primary N) is 1. The molecular formula is C14H11ClN2S. The van der Waals surface area contributed by atoms with E-state index in [4.69, 9.17) is 17.3 Å². The van der Waals surface area contributed by atoms with E-state index in [1.54, 1.807) is 11.3 Å². The summed E-state index contributed by atoms with van der Waals surface area (Å²) in [5.41, 5.74) is 9.68. The van der Waals surface area contributed by atoms with Gasteiger partial charge in [0.1, 0.15) is 5.01 Å². The minimum Gasteiger partial charge on any atom is -0.398 e. The van der Waals surface area contributed by atoms with Crippen molar-refractivity contribution in [3.63, 3.8) is 0 Å². The Morgan fingerprint density at radius 3 is 2.78 bits per heavy atom. The van der Waals surface area contributed by atoms with Gasteiger partial charge in [-0.3, -0.25) is 0 Å². The number of hydrogen-bond acceptors (Lipinski definition) is 3. The summed E-state index contributed by atoms with van der Waals surface area (Å²) in [6, 6.07) is 11.8. The van der Waals surface area contributed by atoms with Gasteiger partial charge >= 0.3 is 0 Å². The van der Waals surface area contributed by atoms with Crippen molar-refractivity contribution < 1.29 is 0 Å². The summed E-state index contributed by atoms with van der Waals surface area (Å²) in [5, 5.41) is 1.55. The number of benzene rings is 2. The molecule has 1 aromatic heterocycles. The summed E-state index contributed by atoms with van der Waals surface area (Å²) in [7, 11) is 0. The highest BCUT2D eigenvalue weighted by Gasteiger charge is 2.08. The predicted octanol–water partition coefficient (Wildman–Crippen LogP) is 4.51. The molecule has 2 N–H and O–H groups in total. The number of hydrogen-bond donors (Lipinski definition) is 1. The van der Waals surface area contributed by atoms with E-state index < -0.39 is 0 Å². The zero-order valence-electron chi connectivity index (χ0n) is 9.77. The van der Waals surface area contributed by atoms with Gasteiger partial charge in [-0.2, -0.15) is 0 Å². The molecule has 90 valence electrons. The van der Waals surface area contributed by atoms with Gasteiger partial charge in [0.05, 0.1) is 20.9 Å². The van der Waals surface area contributed by atoms with Gasteiger partial charge in [0.2, 0.25) is 0 Å². The largest absolute Gasteiger partial charge is 0.398 e. The third-order valence-corrected chi connectivity index (χ3v) is 4.28. The molecule has 0 aliphatic heterocycles. The maximum Gasteiger partial charge on any atom is 0.124 e. The highest BCUT2D eigenvalue weighted by molar-refractivity contribution is 7.21. The second kappa shape index (κ2) is 4.26. The molecule has 0 spiro atoms. The minimum absolute atomic E-state index is 0.580. The van der Waals surface area contributed by atoms with Gasteiger partial charge < -0.3 is 5.73 Å². The van der Waals surface area contributed by atoms with E-state index in [9.17, 15) is 0 Å². The van der Waals surface area contributed by atoms with E-state index in [1.807, 2.05) is 18.2 Å². The molecule has 18 heavy (non-hydrogen) atoms. The summed E-state index contributed by atoms with van der Waals surface area (Å²) in [5.74, 6) is 0. The van der Waals surface area contributed by atoms with Crippen molar-refractivity contribution in [3.8, 4) is 10.6 Å². The quantitative estimate of drug-likeness (QED) is 0.663. The van der Waals surface area contributed by atoms with Gasteiger partial charge in [0, 0.05) is 5.56 Å². The van der Waals surface area contributed by atoms with E-state index in [0.29, 0.717) is 10.7 Å². The zero-order chi connectivity index (χ0) is 12.7. The smallest absolute Gasteiger partial charge is 0.124 e. The Bertz CT molecular complexity index is 734. The molecule has 0 atom stereocenters. The van der Waals surface area contributed by atoms with Crippen LogP contribution in [-0.2, 0) is 0 Å². The summed E-state index contributed by atoms with van der Waals surface area (Å²) in [6.07, 6.45) is 0. The van der Waals surface area contributed by atoms with Crippen LogP contribution in [0.3, 0.4) is 0 Å². The molecule has 0 amide bonds. The number of nitrogen functional groups attached to an aromatic ring is 1. The molecule has 1 heterocycles. The zero-order valence-corrected chi connectivity index (χ0v) is 11.3. The normalized spacial score (nSPS) is 11.0. The third kappa shape index (κ3) is 1.85. The molecule has 3 rings (SSSR count). The van der Waals surface area contributed by atoms with Gasteiger partial charge in [-0.25, -0.2) is 4.98 Å². The monoisotopic (exact) mass is 274 g/mol. The van der Waals surface area contributed by atoms with Crippen molar-refractivity contribution in [2.45, 2.75) is 6.92 Å². The number of thiazole rings is 1. The second-order valence-electron chi connectivity index (χ2n) is 4.18. The Balaban J connectivity index is 2.19. The topological polar surface area (TPSA) is 38.9 Å². The maximum absolute atomic E-state index is 5.93. The van der Waals surface area contributed by atoms with Crippen LogP contribution >= 0.6 is 22.9 Å². The molecule has 0 saturated heterocycles. The van der Waals surface area contributed by atoms with Crippen LogP contribution in [0.1, 0.15) is 5.56 Å². The van der Waals surface area contributed by atoms with Gasteiger partial charge in [0.25, 0.3) is 0 Å². The van der Waals surface area contributed by atoms with Crippen LogP contribution < -0.4 is 5.73 Å². The van der Waals surface area contributed by atoms with Crippen molar-refractivity contribution >= 4 is 38.8 Å². The molecule has 3 aromatic rings. The number of aryl methyl sites for hydroxylation is 1. The second-order valence-corrected chi connectivity index (χ2v) is 5.61. The highest BCUT2D eigenvalue weighted by Crippen LogP contribution is 2.33. The van der Waals surface area contributed by atoms with E-state index in [0.717, 1.165) is 16.1 Å². The molecule has 2 nitrogen and oxygen atoms in total. The molecule has 0 unspecified atom stereocenters. The standard InChI is InChI=1S/C14H11ClN2S/c1-8-3-2-4-12-13(8)17-14(18-12)9-5-6-10(15)11(16)7-9/h2-7H,16H2,1H3. The van der Waals surface area contributed by atoms with Crippen molar-refractivity contribution in [2.75, 3.05) is 5.73 Å². The Morgan fingerprint density at radius 1 is 1.22 bits per heavy atom. The van der Waals surface area contributed by atoms with Crippen molar-refractivity contribution in [1.82, 2.24) is 4.98 Å². The molecule has 4 heteroatoms. The van der Waals surface area contributed by atoms with Gasteiger partial charge in [-0.05, 0) is 30.7 Å².